The third-order valence-electron chi connectivity index (χ3n) is 1.94. The third-order valence-corrected chi connectivity index (χ3v) is 1.94. The first-order valence-electron chi connectivity index (χ1n) is 5.50. The second kappa shape index (κ2) is 15.2. The second-order valence-electron chi connectivity index (χ2n) is 3.99. The zero-order valence-corrected chi connectivity index (χ0v) is 14.6. The minimum absolute atomic E-state index is 0. The molecule has 0 aromatic heterocycles. The van der Waals surface area contributed by atoms with Crippen LogP contribution in [-0.2, 0) is 20.0 Å². The standard InChI is InChI=1S/C7H9.C5H5.C3H6.2ClH.Ti/c1-6-4-3-5-7(6)2;1-2-4-5-3-1;1-3-2;;;/h4H,5H2,1-2H3;1-3H,4H2;1-2H3;2*1H;/q2*-1;;;;+2/p-2. The van der Waals surface area contributed by atoms with E-state index in [2.05, 4.69) is 72.0 Å². The molecule has 0 aromatic carbocycles. The van der Waals surface area contributed by atoms with Crippen molar-refractivity contribution in [3.8, 4) is 0 Å². The van der Waals surface area contributed by atoms with Crippen LogP contribution in [0.3, 0.4) is 0 Å². The van der Waals surface area contributed by atoms with Gasteiger partial charge in [0.2, 0.25) is 0 Å². The van der Waals surface area contributed by atoms with Crippen molar-refractivity contribution < 1.29 is 44.8 Å². The Hall–Kier alpha value is 0.124. The van der Waals surface area contributed by atoms with Crippen molar-refractivity contribution in [3.63, 3.8) is 0 Å². The molecule has 3 heteroatoms. The van der Waals surface area contributed by atoms with Crippen LogP contribution in [0.1, 0.15) is 40.5 Å². The van der Waals surface area contributed by atoms with Gasteiger partial charge in [0.05, 0.1) is 0 Å². The number of hydrogen-bond donors (Lipinski definition) is 0. The van der Waals surface area contributed by atoms with E-state index in [1.165, 1.54) is 15.0 Å². The molecule has 0 bridgehead atoms. The molecule has 0 aromatic rings. The molecule has 0 N–H and O–H groups in total. The third kappa shape index (κ3) is 16.1. The Labute approximate surface area is 136 Å². The zero-order valence-electron chi connectivity index (χ0n) is 11.5. The zero-order chi connectivity index (χ0) is 12.4. The van der Waals surface area contributed by atoms with Crippen LogP contribution in [-0.4, -0.2) is 3.81 Å². The van der Waals surface area contributed by atoms with E-state index in [1.807, 2.05) is 12.2 Å². The first kappa shape index (κ1) is 23.2. The Morgan fingerprint density at radius 3 is 1.83 bits per heavy atom. The Balaban J connectivity index is -0.000000185. The van der Waals surface area contributed by atoms with E-state index >= 15 is 0 Å². The maximum absolute atomic E-state index is 3.12. The SMILES string of the molecule is CC1=C(C)C[C-]=C1.C[C](C)=[Ti+2].[C-]1=CC=CC1.[Cl-].[Cl-]. The molecule has 0 spiro atoms. The van der Waals surface area contributed by atoms with Gasteiger partial charge in [0.1, 0.15) is 0 Å². The fourth-order valence-electron chi connectivity index (χ4n) is 0.960. The van der Waals surface area contributed by atoms with Gasteiger partial charge in [-0.15, -0.1) is 19.8 Å². The molecule has 0 aliphatic heterocycles. The van der Waals surface area contributed by atoms with Crippen molar-refractivity contribution in [2.75, 3.05) is 0 Å². The summed E-state index contributed by atoms with van der Waals surface area (Å²) in [6.07, 6.45) is 16.2. The molecule has 0 fully saturated rings. The van der Waals surface area contributed by atoms with Gasteiger partial charge in [-0.25, -0.2) is 23.8 Å². The molecule has 2 aliphatic carbocycles. The molecule has 0 radical (unpaired) electrons. The largest absolute Gasteiger partial charge is 1.00 e. The normalized spacial score (nSPS) is 13.9. The van der Waals surface area contributed by atoms with Gasteiger partial charge >= 0.3 is 37.6 Å². The Bertz CT molecular complexity index is 322. The van der Waals surface area contributed by atoms with E-state index in [9.17, 15) is 0 Å². The maximum Gasteiger partial charge on any atom is -0.109 e. The monoisotopic (exact) mass is 318 g/mol. The van der Waals surface area contributed by atoms with Crippen LogP contribution in [0.25, 0.3) is 0 Å². The van der Waals surface area contributed by atoms with E-state index in [0.717, 1.165) is 12.8 Å². The molecule has 0 atom stereocenters. The smallest absolute Gasteiger partial charge is 0.109 e. The average molecular weight is 319 g/mol. The van der Waals surface area contributed by atoms with Crippen LogP contribution in [0.4, 0.5) is 0 Å². The molecule has 18 heavy (non-hydrogen) atoms. The van der Waals surface area contributed by atoms with Crippen LogP contribution < -0.4 is 24.8 Å². The molecule has 0 saturated carbocycles. The second-order valence-corrected chi connectivity index (χ2v) is 5.55. The summed E-state index contributed by atoms with van der Waals surface area (Å²) in [7, 11) is 0. The van der Waals surface area contributed by atoms with E-state index in [-0.39, 0.29) is 24.8 Å². The summed E-state index contributed by atoms with van der Waals surface area (Å²) in [4.78, 5) is 0. The first-order chi connectivity index (χ1) is 7.54. The maximum atomic E-state index is 3.12. The predicted octanol–water partition coefficient (Wildman–Crippen LogP) is -1.86. The van der Waals surface area contributed by atoms with Crippen LogP contribution >= 0.6 is 0 Å². The van der Waals surface area contributed by atoms with Crippen molar-refractivity contribution in [1.29, 1.82) is 0 Å². The number of halogens is 2. The summed E-state index contributed by atoms with van der Waals surface area (Å²) in [6.45, 7) is 8.43. The molecule has 0 nitrogen and oxygen atoms in total. The Kier molecular flexibility index (Phi) is 19.6. The fourth-order valence-corrected chi connectivity index (χ4v) is 0.960. The van der Waals surface area contributed by atoms with Crippen molar-refractivity contribution >= 4 is 3.81 Å². The topological polar surface area (TPSA) is 0 Å². The minimum atomic E-state index is 0. The minimum Gasteiger partial charge on any atom is -1.00 e. The van der Waals surface area contributed by atoms with Crippen molar-refractivity contribution in [2.45, 2.75) is 40.5 Å². The van der Waals surface area contributed by atoms with Crippen LogP contribution in [0.2, 0.25) is 0 Å². The average Bonchev–Trinajstić information content (AvgIpc) is 2.81. The molecular weight excluding hydrogens is 299 g/mol. The summed E-state index contributed by atoms with van der Waals surface area (Å²) in [5, 5.41) is 0. The van der Waals surface area contributed by atoms with Gasteiger partial charge in [0.25, 0.3) is 0 Å². The molecule has 0 amide bonds. The Morgan fingerprint density at radius 1 is 1.17 bits per heavy atom. The molecule has 0 unspecified atom stereocenters. The van der Waals surface area contributed by atoms with E-state index in [4.69, 9.17) is 0 Å². The fraction of sp³-hybridized carbons (Fsp3) is 0.400. The van der Waals surface area contributed by atoms with E-state index in [0.29, 0.717) is 0 Å². The number of rotatable bonds is 0. The van der Waals surface area contributed by atoms with Gasteiger partial charge in [-0.3, -0.25) is 12.2 Å². The van der Waals surface area contributed by atoms with Gasteiger partial charge in [0, 0.05) is 0 Å². The molecule has 2 aliphatic rings. The van der Waals surface area contributed by atoms with Crippen LogP contribution in [0.5, 0.6) is 0 Å². The Morgan fingerprint density at radius 2 is 1.72 bits per heavy atom. The van der Waals surface area contributed by atoms with Crippen molar-refractivity contribution in [1.82, 2.24) is 0 Å². The van der Waals surface area contributed by atoms with Crippen LogP contribution in [0, 0.1) is 12.2 Å². The first-order valence-corrected chi connectivity index (χ1v) is 6.28. The molecular formula is C15H20Cl2Ti-2. The molecule has 0 saturated heterocycles. The van der Waals surface area contributed by atoms with Gasteiger partial charge in [-0.2, -0.15) is 11.6 Å². The van der Waals surface area contributed by atoms with Gasteiger partial charge in [0.15, 0.2) is 0 Å². The number of hydrogen-bond acceptors (Lipinski definition) is 0. The summed E-state index contributed by atoms with van der Waals surface area (Å²) in [5.74, 6) is 0. The number of allylic oxidation sites excluding steroid dienone is 8. The summed E-state index contributed by atoms with van der Waals surface area (Å²) < 4.78 is 1.42. The van der Waals surface area contributed by atoms with E-state index in [1.54, 1.807) is 0 Å². The molecule has 100 valence electrons. The summed E-state index contributed by atoms with van der Waals surface area (Å²) in [6, 6.07) is 0. The molecule has 0 heterocycles. The van der Waals surface area contributed by atoms with Gasteiger partial charge in [-0.05, 0) is 0 Å². The van der Waals surface area contributed by atoms with E-state index < -0.39 is 0 Å². The summed E-state index contributed by atoms with van der Waals surface area (Å²) in [5.41, 5.74) is 2.85. The van der Waals surface area contributed by atoms with Crippen molar-refractivity contribution in [3.05, 3.63) is 47.6 Å². The van der Waals surface area contributed by atoms with Gasteiger partial charge in [-0.1, -0.05) is 6.92 Å². The molecule has 2 rings (SSSR count). The van der Waals surface area contributed by atoms with Crippen molar-refractivity contribution in [2.24, 2.45) is 0 Å². The van der Waals surface area contributed by atoms with Crippen LogP contribution in [0.15, 0.2) is 35.5 Å². The predicted molar refractivity (Wildman–Crippen MR) is 68.7 cm³/mol. The summed E-state index contributed by atoms with van der Waals surface area (Å²) >= 11 is 2.08. The quantitative estimate of drug-likeness (QED) is 0.363. The van der Waals surface area contributed by atoms with Gasteiger partial charge < -0.3 is 24.8 Å².